The number of anilines is 5. The normalized spacial score (nSPS) is 11.0. The molecule has 0 aliphatic rings. The Hall–Kier alpha value is -4.72. The topological polar surface area (TPSA) is 19.4 Å². The van der Waals surface area contributed by atoms with Gasteiger partial charge in [0.05, 0.1) is 11.1 Å². The first-order valence-corrected chi connectivity index (χ1v) is 13.9. The molecule has 1 atom stereocenters. The van der Waals surface area contributed by atoms with E-state index in [1.165, 1.54) is 0 Å². The molecule has 0 spiro atoms. The number of pyridine rings is 1. The van der Waals surface area contributed by atoms with Crippen LogP contribution in [0.5, 0.6) is 0 Å². The van der Waals surface area contributed by atoms with Gasteiger partial charge in [0.15, 0.2) is 0 Å². The zero-order valence-electron chi connectivity index (χ0n) is 21.4. The fourth-order valence-corrected chi connectivity index (χ4v) is 5.74. The molecular weight excluding hydrogens is 493 g/mol. The van der Waals surface area contributed by atoms with Crippen molar-refractivity contribution in [2.24, 2.45) is 0 Å². The average molecular weight is 522 g/mol. The molecule has 1 heterocycles. The second-order valence-corrected chi connectivity index (χ2v) is 10.3. The lowest BCUT2D eigenvalue weighted by Gasteiger charge is -2.26. The Morgan fingerprint density at radius 2 is 0.872 bits per heavy atom. The van der Waals surface area contributed by atoms with Crippen LogP contribution in [-0.2, 0) is 0 Å². The third-order valence-electron chi connectivity index (χ3n) is 6.43. The van der Waals surface area contributed by atoms with E-state index in [9.17, 15) is 0 Å². The smallest absolute Gasteiger partial charge is 0.0818 e. The molecule has 6 rings (SSSR count). The molecule has 5 aromatic carbocycles. The first-order valence-electron chi connectivity index (χ1n) is 13.0. The van der Waals surface area contributed by atoms with Gasteiger partial charge in [-0.25, -0.2) is 4.98 Å². The van der Waals surface area contributed by atoms with Gasteiger partial charge in [0, 0.05) is 42.7 Å². The summed E-state index contributed by atoms with van der Waals surface area (Å²) in [5, 5.41) is 0. The van der Waals surface area contributed by atoms with Crippen molar-refractivity contribution in [3.8, 4) is 11.3 Å². The summed E-state index contributed by atoms with van der Waals surface area (Å²) < 4.78 is 2.33. The maximum absolute atomic E-state index is 5.13. The van der Waals surface area contributed by atoms with E-state index in [0.717, 1.165) is 45.1 Å². The van der Waals surface area contributed by atoms with Crippen molar-refractivity contribution in [2.75, 3.05) is 9.57 Å². The Balaban J connectivity index is 1.35. The zero-order valence-corrected chi connectivity index (χ0v) is 22.4. The van der Waals surface area contributed by atoms with Gasteiger partial charge in [0.1, 0.15) is 0 Å². The van der Waals surface area contributed by atoms with Crippen LogP contribution >= 0.6 is 8.73 Å². The highest BCUT2D eigenvalue weighted by Crippen LogP contribution is 2.37. The molecule has 0 N–H and O–H groups in total. The second-order valence-electron chi connectivity index (χ2n) is 9.08. The van der Waals surface area contributed by atoms with Gasteiger partial charge in [-0.05, 0) is 72.8 Å². The van der Waals surface area contributed by atoms with E-state index in [0.29, 0.717) is 8.73 Å². The Kier molecular flexibility index (Phi) is 7.43. The minimum absolute atomic E-state index is 0.351. The van der Waals surface area contributed by atoms with Gasteiger partial charge in [0.25, 0.3) is 0 Å². The van der Waals surface area contributed by atoms with Crippen LogP contribution in [0.3, 0.4) is 0 Å². The number of benzene rings is 5. The third-order valence-corrected chi connectivity index (χ3v) is 7.68. The molecule has 0 bridgehead atoms. The Labute approximate surface area is 231 Å². The molecule has 6 aromatic rings. The molecule has 0 amide bonds. The Morgan fingerprint density at radius 3 is 1.41 bits per heavy atom. The van der Waals surface area contributed by atoms with Crippen molar-refractivity contribution in [1.29, 1.82) is 0 Å². The van der Waals surface area contributed by atoms with Gasteiger partial charge < -0.3 is 9.57 Å². The van der Waals surface area contributed by atoms with Crippen molar-refractivity contribution < 1.29 is 0 Å². The quantitative estimate of drug-likeness (QED) is 0.186. The van der Waals surface area contributed by atoms with Crippen molar-refractivity contribution in [3.63, 3.8) is 0 Å². The number of aromatic nitrogens is 1. The molecule has 188 valence electrons. The summed E-state index contributed by atoms with van der Waals surface area (Å²) in [4.78, 5) is 7.41. The van der Waals surface area contributed by atoms with Gasteiger partial charge in [-0.15, -0.1) is 0 Å². The first kappa shape index (κ1) is 24.6. The molecule has 0 radical (unpaired) electrons. The van der Waals surface area contributed by atoms with Crippen LogP contribution in [0, 0.1) is 0 Å². The number of hydrogen-bond donors (Lipinski definition) is 0. The summed E-state index contributed by atoms with van der Waals surface area (Å²) in [5.74, 6) is 0. The number of para-hydroxylation sites is 4. The van der Waals surface area contributed by atoms with Crippen LogP contribution in [-0.4, -0.2) is 4.98 Å². The fraction of sp³-hybridized carbons (Fsp3) is 0. The van der Waals surface area contributed by atoms with Gasteiger partial charge in [0.2, 0.25) is 0 Å². The lowest BCUT2D eigenvalue weighted by Crippen LogP contribution is -2.13. The summed E-state index contributed by atoms with van der Waals surface area (Å²) in [6, 6.07) is 56.9. The van der Waals surface area contributed by atoms with E-state index in [1.54, 1.807) is 0 Å². The summed E-state index contributed by atoms with van der Waals surface area (Å²) in [6.07, 6.45) is 0. The number of nitrogens with zero attached hydrogens (tertiary/aromatic N) is 3. The van der Waals surface area contributed by atoms with Gasteiger partial charge >= 0.3 is 0 Å². The van der Waals surface area contributed by atoms with Gasteiger partial charge in [-0.3, -0.25) is 0 Å². The van der Waals surface area contributed by atoms with Crippen LogP contribution in [0.15, 0.2) is 164 Å². The number of hydrogen-bond acceptors (Lipinski definition) is 3. The van der Waals surface area contributed by atoms with E-state index < -0.39 is 0 Å². The highest BCUT2D eigenvalue weighted by atomic mass is 31.1. The summed E-state index contributed by atoms with van der Waals surface area (Å²) in [7, 11) is 0.351. The molecule has 39 heavy (non-hydrogen) atoms. The predicted molar refractivity (Wildman–Crippen MR) is 167 cm³/mol. The maximum Gasteiger partial charge on any atom is 0.0818 e. The fourth-order valence-electron chi connectivity index (χ4n) is 4.61. The summed E-state index contributed by atoms with van der Waals surface area (Å²) >= 11 is 0. The molecule has 0 aliphatic heterocycles. The standard InChI is InChI=1S/C35H28N3P/c1-5-16-29(17-6-1)37(30-18-7-2-8-19-30)33-24-13-15-28(27-33)34-25-14-26-35(36-34)39-38(31-20-9-3-10-21-31)32-22-11-4-12-23-32/h1-27,39H. The van der Waals surface area contributed by atoms with Crippen LogP contribution in [0.4, 0.5) is 28.4 Å². The molecule has 1 unspecified atom stereocenters. The molecule has 1 aromatic heterocycles. The van der Waals surface area contributed by atoms with E-state index >= 15 is 0 Å². The SMILES string of the molecule is c1ccc(N(Pc2cccc(-c3cccc(N(c4ccccc4)c4ccccc4)c3)n2)c2ccccc2)cc1. The first-order chi connectivity index (χ1) is 19.3. The average Bonchev–Trinajstić information content (AvgIpc) is 3.02. The van der Waals surface area contributed by atoms with Crippen molar-refractivity contribution in [2.45, 2.75) is 0 Å². The monoisotopic (exact) mass is 521 g/mol. The molecule has 0 saturated carbocycles. The Morgan fingerprint density at radius 1 is 0.410 bits per heavy atom. The lowest BCUT2D eigenvalue weighted by atomic mass is 10.1. The maximum atomic E-state index is 5.13. The molecule has 0 fully saturated rings. The minimum Gasteiger partial charge on any atom is -0.317 e. The summed E-state index contributed by atoms with van der Waals surface area (Å²) in [5.41, 5.74) is 8.71. The molecule has 0 saturated heterocycles. The Bertz CT molecular complexity index is 1550. The second kappa shape index (κ2) is 11.8. The van der Waals surface area contributed by atoms with E-state index in [-0.39, 0.29) is 0 Å². The van der Waals surface area contributed by atoms with E-state index in [2.05, 4.69) is 161 Å². The molecule has 0 aliphatic carbocycles. The number of rotatable bonds is 8. The van der Waals surface area contributed by atoms with Crippen LogP contribution in [0.1, 0.15) is 0 Å². The van der Waals surface area contributed by atoms with Gasteiger partial charge in [-0.2, -0.15) is 0 Å². The molecule has 4 heteroatoms. The van der Waals surface area contributed by atoms with Crippen LogP contribution in [0.25, 0.3) is 11.3 Å². The van der Waals surface area contributed by atoms with Gasteiger partial charge in [-0.1, -0.05) is 91.0 Å². The van der Waals surface area contributed by atoms with Crippen molar-refractivity contribution in [3.05, 3.63) is 164 Å². The third kappa shape index (κ3) is 5.75. The summed E-state index contributed by atoms with van der Waals surface area (Å²) in [6.45, 7) is 0. The van der Waals surface area contributed by atoms with Crippen molar-refractivity contribution in [1.82, 2.24) is 4.98 Å². The molecule has 3 nitrogen and oxygen atoms in total. The highest BCUT2D eigenvalue weighted by molar-refractivity contribution is 7.49. The lowest BCUT2D eigenvalue weighted by molar-refractivity contribution is 1.28. The largest absolute Gasteiger partial charge is 0.317 e. The van der Waals surface area contributed by atoms with Crippen LogP contribution < -0.4 is 15.0 Å². The van der Waals surface area contributed by atoms with Crippen molar-refractivity contribution >= 4 is 42.6 Å². The van der Waals surface area contributed by atoms with Crippen LogP contribution in [0.2, 0.25) is 0 Å². The molecular formula is C35H28N3P. The zero-order chi connectivity index (χ0) is 26.3. The van der Waals surface area contributed by atoms with E-state index in [4.69, 9.17) is 4.98 Å². The highest BCUT2D eigenvalue weighted by Gasteiger charge is 2.14. The predicted octanol–water partition coefficient (Wildman–Crippen LogP) is 9.28. The minimum atomic E-state index is 0.351. The van der Waals surface area contributed by atoms with E-state index in [1.807, 2.05) is 12.1 Å².